The summed E-state index contributed by atoms with van der Waals surface area (Å²) < 4.78 is 12.9. The standard InChI is InChI=1S/C11H19N3O3/c1-8(2)5-14-10(6-15)12-13-11(14)9-7-16-3-4-17-9/h8-9,15H,3-7H2,1-2H3. The Hall–Kier alpha value is -0.980. The van der Waals surface area contributed by atoms with Crippen LogP contribution in [0.5, 0.6) is 0 Å². The van der Waals surface area contributed by atoms with E-state index in [9.17, 15) is 5.11 Å². The molecule has 0 aliphatic carbocycles. The number of hydrogen-bond donors (Lipinski definition) is 1. The molecule has 6 heteroatoms. The molecule has 1 unspecified atom stereocenters. The van der Waals surface area contributed by atoms with Gasteiger partial charge in [0.2, 0.25) is 0 Å². The van der Waals surface area contributed by atoms with Crippen molar-refractivity contribution in [2.45, 2.75) is 33.1 Å². The van der Waals surface area contributed by atoms with Gasteiger partial charge in [-0.15, -0.1) is 10.2 Å². The fourth-order valence-electron chi connectivity index (χ4n) is 1.91. The van der Waals surface area contributed by atoms with Gasteiger partial charge in [0.1, 0.15) is 12.7 Å². The molecular formula is C11H19N3O3. The first-order valence-corrected chi connectivity index (χ1v) is 5.94. The van der Waals surface area contributed by atoms with Gasteiger partial charge in [-0.1, -0.05) is 13.8 Å². The normalized spacial score (nSPS) is 21.1. The third-order valence-corrected chi connectivity index (χ3v) is 2.65. The molecule has 0 spiro atoms. The molecule has 1 saturated heterocycles. The highest BCUT2D eigenvalue weighted by Gasteiger charge is 2.24. The lowest BCUT2D eigenvalue weighted by Gasteiger charge is -2.23. The van der Waals surface area contributed by atoms with Gasteiger partial charge in [0.25, 0.3) is 0 Å². The summed E-state index contributed by atoms with van der Waals surface area (Å²) in [5.74, 6) is 1.80. The number of rotatable bonds is 4. The van der Waals surface area contributed by atoms with Crippen LogP contribution in [0.2, 0.25) is 0 Å². The molecule has 17 heavy (non-hydrogen) atoms. The number of aliphatic hydroxyl groups excluding tert-OH is 1. The molecule has 1 fully saturated rings. The fraction of sp³-hybridized carbons (Fsp3) is 0.818. The summed E-state index contributed by atoms with van der Waals surface area (Å²) in [7, 11) is 0. The molecule has 0 amide bonds. The second kappa shape index (κ2) is 5.57. The summed E-state index contributed by atoms with van der Waals surface area (Å²) in [5.41, 5.74) is 0. The zero-order valence-electron chi connectivity index (χ0n) is 10.3. The van der Waals surface area contributed by atoms with Gasteiger partial charge in [-0.25, -0.2) is 0 Å². The number of aromatic nitrogens is 3. The Morgan fingerprint density at radius 3 is 2.82 bits per heavy atom. The Bertz CT molecular complexity index is 359. The van der Waals surface area contributed by atoms with Crippen LogP contribution in [0.3, 0.4) is 0 Å². The van der Waals surface area contributed by atoms with E-state index in [1.807, 2.05) is 4.57 Å². The zero-order valence-corrected chi connectivity index (χ0v) is 10.3. The van der Waals surface area contributed by atoms with Crippen LogP contribution in [0.1, 0.15) is 31.6 Å². The summed E-state index contributed by atoms with van der Waals surface area (Å²) in [6, 6.07) is 0. The number of hydrogen-bond acceptors (Lipinski definition) is 5. The Labute approximate surface area is 101 Å². The van der Waals surface area contributed by atoms with Crippen molar-refractivity contribution in [1.82, 2.24) is 14.8 Å². The van der Waals surface area contributed by atoms with E-state index in [1.165, 1.54) is 0 Å². The molecule has 6 nitrogen and oxygen atoms in total. The third kappa shape index (κ3) is 2.83. The molecule has 0 bridgehead atoms. The zero-order chi connectivity index (χ0) is 12.3. The highest BCUT2D eigenvalue weighted by Crippen LogP contribution is 2.21. The maximum atomic E-state index is 9.25. The van der Waals surface area contributed by atoms with Gasteiger partial charge in [-0.2, -0.15) is 0 Å². The Balaban J connectivity index is 2.22. The van der Waals surface area contributed by atoms with Crippen molar-refractivity contribution in [3.05, 3.63) is 11.6 Å². The molecule has 2 heterocycles. The van der Waals surface area contributed by atoms with E-state index in [0.717, 1.165) is 12.4 Å². The van der Waals surface area contributed by atoms with Crippen molar-refractivity contribution in [2.24, 2.45) is 5.92 Å². The van der Waals surface area contributed by atoms with Crippen molar-refractivity contribution in [2.75, 3.05) is 19.8 Å². The molecule has 1 aromatic heterocycles. The van der Waals surface area contributed by atoms with Crippen LogP contribution in [-0.2, 0) is 22.6 Å². The molecule has 1 aliphatic heterocycles. The van der Waals surface area contributed by atoms with E-state index in [4.69, 9.17) is 9.47 Å². The first-order chi connectivity index (χ1) is 8.22. The van der Waals surface area contributed by atoms with Crippen molar-refractivity contribution < 1.29 is 14.6 Å². The van der Waals surface area contributed by atoms with Gasteiger partial charge in [0, 0.05) is 6.54 Å². The number of ether oxygens (including phenoxy) is 2. The maximum absolute atomic E-state index is 9.25. The van der Waals surface area contributed by atoms with Gasteiger partial charge in [0.05, 0.1) is 19.8 Å². The molecule has 0 saturated carbocycles. The van der Waals surface area contributed by atoms with E-state index in [0.29, 0.717) is 31.6 Å². The van der Waals surface area contributed by atoms with Gasteiger partial charge in [0.15, 0.2) is 11.6 Å². The fourth-order valence-corrected chi connectivity index (χ4v) is 1.91. The van der Waals surface area contributed by atoms with Crippen molar-refractivity contribution in [1.29, 1.82) is 0 Å². The monoisotopic (exact) mass is 241 g/mol. The summed E-state index contributed by atoms with van der Waals surface area (Å²) in [4.78, 5) is 0. The lowest BCUT2D eigenvalue weighted by atomic mass is 10.2. The van der Waals surface area contributed by atoms with E-state index < -0.39 is 0 Å². The molecule has 96 valence electrons. The molecule has 1 atom stereocenters. The minimum atomic E-state index is -0.171. The van der Waals surface area contributed by atoms with Gasteiger partial charge >= 0.3 is 0 Å². The average Bonchev–Trinajstić information content (AvgIpc) is 2.72. The van der Waals surface area contributed by atoms with Crippen LogP contribution in [-0.4, -0.2) is 39.7 Å². The number of aliphatic hydroxyl groups is 1. The van der Waals surface area contributed by atoms with Gasteiger partial charge in [-0.3, -0.25) is 0 Å². The number of nitrogens with zero attached hydrogens (tertiary/aromatic N) is 3. The lowest BCUT2D eigenvalue weighted by Crippen LogP contribution is -2.25. The first kappa shape index (κ1) is 12.5. The molecule has 0 radical (unpaired) electrons. The van der Waals surface area contributed by atoms with Crippen LogP contribution < -0.4 is 0 Å². The van der Waals surface area contributed by atoms with Gasteiger partial charge in [-0.05, 0) is 5.92 Å². The molecule has 0 aromatic carbocycles. The third-order valence-electron chi connectivity index (χ3n) is 2.65. The highest BCUT2D eigenvalue weighted by atomic mass is 16.6. The van der Waals surface area contributed by atoms with Crippen LogP contribution in [0.25, 0.3) is 0 Å². The molecule has 1 N–H and O–H groups in total. The summed E-state index contributed by atoms with van der Waals surface area (Å²) in [6.45, 7) is 6.61. The predicted molar refractivity (Wildman–Crippen MR) is 60.3 cm³/mol. The van der Waals surface area contributed by atoms with Crippen LogP contribution in [0.4, 0.5) is 0 Å². The first-order valence-electron chi connectivity index (χ1n) is 5.94. The van der Waals surface area contributed by atoms with Crippen molar-refractivity contribution in [3.63, 3.8) is 0 Å². The topological polar surface area (TPSA) is 69.4 Å². The maximum Gasteiger partial charge on any atom is 0.164 e. The Morgan fingerprint density at radius 2 is 2.24 bits per heavy atom. The van der Waals surface area contributed by atoms with Crippen LogP contribution in [0.15, 0.2) is 0 Å². The second-order valence-electron chi connectivity index (χ2n) is 4.57. The summed E-state index contributed by atoms with van der Waals surface area (Å²) in [5, 5.41) is 17.3. The molecule has 1 aromatic rings. The minimum Gasteiger partial charge on any atom is -0.388 e. The van der Waals surface area contributed by atoms with E-state index >= 15 is 0 Å². The average molecular weight is 241 g/mol. The molecule has 1 aliphatic rings. The van der Waals surface area contributed by atoms with Crippen LogP contribution >= 0.6 is 0 Å². The second-order valence-corrected chi connectivity index (χ2v) is 4.57. The van der Waals surface area contributed by atoms with Crippen molar-refractivity contribution in [3.8, 4) is 0 Å². The van der Waals surface area contributed by atoms with Crippen molar-refractivity contribution >= 4 is 0 Å². The highest BCUT2D eigenvalue weighted by molar-refractivity contribution is 5.00. The van der Waals surface area contributed by atoms with Crippen LogP contribution in [0, 0.1) is 5.92 Å². The molecular weight excluding hydrogens is 222 g/mol. The Kier molecular flexibility index (Phi) is 4.09. The van der Waals surface area contributed by atoms with Gasteiger partial charge < -0.3 is 19.1 Å². The largest absolute Gasteiger partial charge is 0.388 e. The molecule has 2 rings (SSSR count). The summed E-state index contributed by atoms with van der Waals surface area (Å²) in [6.07, 6.45) is -0.171. The van der Waals surface area contributed by atoms with E-state index in [2.05, 4.69) is 24.0 Å². The Morgan fingerprint density at radius 1 is 1.41 bits per heavy atom. The van der Waals surface area contributed by atoms with E-state index in [1.54, 1.807) is 0 Å². The quantitative estimate of drug-likeness (QED) is 0.832. The smallest absolute Gasteiger partial charge is 0.164 e. The minimum absolute atomic E-state index is 0.104. The summed E-state index contributed by atoms with van der Waals surface area (Å²) >= 11 is 0. The predicted octanol–water partition coefficient (Wildman–Crippen LogP) is 0.514. The SMILES string of the molecule is CC(C)Cn1c(CO)nnc1C1COCCO1. The lowest BCUT2D eigenvalue weighted by molar-refractivity contribution is -0.0950. The van der Waals surface area contributed by atoms with E-state index in [-0.39, 0.29) is 12.7 Å².